The van der Waals surface area contributed by atoms with Crippen molar-refractivity contribution in [1.29, 1.82) is 0 Å². The molecule has 1 aliphatic heterocycles. The lowest BCUT2D eigenvalue weighted by atomic mass is 10.2. The molecular formula is C18H25BrIN5. The van der Waals surface area contributed by atoms with E-state index in [0.717, 1.165) is 36.5 Å². The third kappa shape index (κ3) is 5.13. The molecule has 2 aromatic rings. The maximum Gasteiger partial charge on any atom is 0.191 e. The molecule has 0 saturated carbocycles. The van der Waals surface area contributed by atoms with Crippen molar-refractivity contribution < 1.29 is 0 Å². The summed E-state index contributed by atoms with van der Waals surface area (Å²) in [5.74, 6) is 0.857. The normalized spacial score (nSPS) is 17.3. The van der Waals surface area contributed by atoms with Crippen molar-refractivity contribution in [2.75, 3.05) is 25.0 Å². The van der Waals surface area contributed by atoms with Gasteiger partial charge in [-0.15, -0.1) is 24.0 Å². The van der Waals surface area contributed by atoms with Crippen LogP contribution in [0.3, 0.4) is 0 Å². The van der Waals surface area contributed by atoms with Crippen LogP contribution < -0.4 is 15.5 Å². The maximum atomic E-state index is 4.35. The lowest BCUT2D eigenvalue weighted by molar-refractivity contribution is 0.644. The molecule has 1 unspecified atom stereocenters. The van der Waals surface area contributed by atoms with E-state index < -0.39 is 0 Å². The fourth-order valence-electron chi connectivity index (χ4n) is 3.05. The van der Waals surface area contributed by atoms with Gasteiger partial charge in [-0.25, -0.2) is 0 Å². The average Bonchev–Trinajstić information content (AvgIpc) is 3.21. The number of aliphatic imine (C=N–C) groups is 1. The number of guanidine groups is 1. The summed E-state index contributed by atoms with van der Waals surface area (Å²) in [6.45, 7) is 2.80. The Balaban J connectivity index is 0.00000225. The standard InChI is InChI=1S/C18H24BrN5.HI/c1-20-18(21-12-15-6-5-10-23(15)2)22-14-9-11-24(13-14)17-8-4-3-7-16(17)19;/h3-8,10,14H,9,11-13H2,1-2H3,(H2,20,21,22);1H. The van der Waals surface area contributed by atoms with Crippen LogP contribution in [-0.2, 0) is 13.6 Å². The zero-order valence-corrected chi connectivity index (χ0v) is 18.5. The van der Waals surface area contributed by atoms with Gasteiger partial charge < -0.3 is 20.1 Å². The number of hydrogen-bond donors (Lipinski definition) is 2. The monoisotopic (exact) mass is 517 g/mol. The summed E-state index contributed by atoms with van der Waals surface area (Å²) in [5.41, 5.74) is 2.49. The first-order valence-corrected chi connectivity index (χ1v) is 9.03. The highest BCUT2D eigenvalue weighted by Crippen LogP contribution is 2.28. The number of aromatic nitrogens is 1. The molecular weight excluding hydrogens is 493 g/mol. The van der Waals surface area contributed by atoms with Crippen molar-refractivity contribution >= 4 is 51.6 Å². The Morgan fingerprint density at radius 2 is 2.08 bits per heavy atom. The van der Waals surface area contributed by atoms with Crippen molar-refractivity contribution in [3.05, 3.63) is 52.8 Å². The van der Waals surface area contributed by atoms with Crippen molar-refractivity contribution in [3.63, 3.8) is 0 Å². The Hall–Kier alpha value is -1.22. The van der Waals surface area contributed by atoms with Crippen LogP contribution in [0.2, 0.25) is 0 Å². The fourth-order valence-corrected chi connectivity index (χ4v) is 3.58. The molecule has 5 nitrogen and oxygen atoms in total. The number of nitrogens with zero attached hydrogens (tertiary/aromatic N) is 3. The largest absolute Gasteiger partial charge is 0.368 e. The highest BCUT2D eigenvalue weighted by Gasteiger charge is 2.24. The molecule has 1 aromatic heterocycles. The quantitative estimate of drug-likeness (QED) is 0.371. The molecule has 1 saturated heterocycles. The Kier molecular flexibility index (Phi) is 7.61. The van der Waals surface area contributed by atoms with Crippen molar-refractivity contribution in [2.24, 2.45) is 12.0 Å². The van der Waals surface area contributed by atoms with Gasteiger partial charge in [0.2, 0.25) is 0 Å². The van der Waals surface area contributed by atoms with Crippen LogP contribution in [0.15, 0.2) is 52.1 Å². The predicted molar refractivity (Wildman–Crippen MR) is 119 cm³/mol. The number of anilines is 1. The minimum atomic E-state index is 0. The zero-order valence-electron chi connectivity index (χ0n) is 14.6. The minimum absolute atomic E-state index is 0. The van der Waals surface area contributed by atoms with Crippen molar-refractivity contribution in [1.82, 2.24) is 15.2 Å². The second-order valence-corrected chi connectivity index (χ2v) is 6.92. The topological polar surface area (TPSA) is 44.6 Å². The average molecular weight is 518 g/mol. The summed E-state index contributed by atoms with van der Waals surface area (Å²) in [7, 11) is 3.88. The highest BCUT2D eigenvalue weighted by atomic mass is 127. The minimum Gasteiger partial charge on any atom is -0.368 e. The van der Waals surface area contributed by atoms with Gasteiger partial charge in [-0.05, 0) is 46.6 Å². The van der Waals surface area contributed by atoms with Gasteiger partial charge in [-0.3, -0.25) is 4.99 Å². The molecule has 25 heavy (non-hydrogen) atoms. The van der Waals surface area contributed by atoms with E-state index in [2.05, 4.69) is 90.7 Å². The number of nitrogens with one attached hydrogen (secondary N) is 2. The summed E-state index contributed by atoms with van der Waals surface area (Å²) < 4.78 is 3.27. The molecule has 2 N–H and O–H groups in total. The van der Waals surface area contributed by atoms with Gasteiger partial charge in [0, 0.05) is 49.6 Å². The van der Waals surface area contributed by atoms with E-state index in [-0.39, 0.29) is 24.0 Å². The molecule has 1 aliphatic rings. The van der Waals surface area contributed by atoms with Gasteiger partial charge in [0.05, 0.1) is 12.2 Å². The van der Waals surface area contributed by atoms with Crippen molar-refractivity contribution in [2.45, 2.75) is 19.0 Å². The van der Waals surface area contributed by atoms with Gasteiger partial charge >= 0.3 is 0 Å². The molecule has 0 spiro atoms. The van der Waals surface area contributed by atoms with Crippen LogP contribution in [0, 0.1) is 0 Å². The molecule has 0 amide bonds. The maximum absolute atomic E-state index is 4.35. The number of hydrogen-bond acceptors (Lipinski definition) is 2. The van der Waals surface area contributed by atoms with E-state index in [1.165, 1.54) is 11.4 Å². The molecule has 1 fully saturated rings. The first kappa shape index (κ1) is 20.1. The molecule has 1 atom stereocenters. The number of para-hydroxylation sites is 1. The SMILES string of the molecule is CN=C(NCc1cccn1C)NC1CCN(c2ccccc2Br)C1.I. The number of halogens is 2. The lowest BCUT2D eigenvalue weighted by Gasteiger charge is -2.21. The van der Waals surface area contributed by atoms with Gasteiger partial charge in [0.25, 0.3) is 0 Å². The van der Waals surface area contributed by atoms with E-state index >= 15 is 0 Å². The molecule has 0 bridgehead atoms. The van der Waals surface area contributed by atoms with E-state index in [4.69, 9.17) is 0 Å². The number of aryl methyl sites for hydroxylation is 1. The van der Waals surface area contributed by atoms with Crippen LogP contribution >= 0.6 is 39.9 Å². The second kappa shape index (κ2) is 9.47. The molecule has 3 rings (SSSR count). The third-order valence-electron chi connectivity index (χ3n) is 4.43. The molecule has 2 heterocycles. The van der Waals surface area contributed by atoms with Gasteiger partial charge in [0.15, 0.2) is 5.96 Å². The summed E-state index contributed by atoms with van der Waals surface area (Å²) in [4.78, 5) is 6.76. The van der Waals surface area contributed by atoms with Crippen LogP contribution in [0.25, 0.3) is 0 Å². The Labute approximate surface area is 175 Å². The van der Waals surface area contributed by atoms with Crippen LogP contribution in [-0.4, -0.2) is 36.7 Å². The van der Waals surface area contributed by atoms with E-state index in [1.807, 2.05) is 7.05 Å². The lowest BCUT2D eigenvalue weighted by Crippen LogP contribution is -2.44. The van der Waals surface area contributed by atoms with E-state index in [9.17, 15) is 0 Å². The Morgan fingerprint density at radius 3 is 2.76 bits per heavy atom. The van der Waals surface area contributed by atoms with E-state index in [1.54, 1.807) is 0 Å². The van der Waals surface area contributed by atoms with Crippen LogP contribution in [0.4, 0.5) is 5.69 Å². The summed E-state index contributed by atoms with van der Waals surface area (Å²) in [6.07, 6.45) is 3.16. The first-order chi connectivity index (χ1) is 11.7. The highest BCUT2D eigenvalue weighted by molar-refractivity contribution is 14.0. The molecule has 7 heteroatoms. The van der Waals surface area contributed by atoms with E-state index in [0.29, 0.717) is 6.04 Å². The third-order valence-corrected chi connectivity index (χ3v) is 5.10. The molecule has 0 aliphatic carbocycles. The number of benzene rings is 1. The Bertz CT molecular complexity index is 715. The zero-order chi connectivity index (χ0) is 16.9. The fraction of sp³-hybridized carbons (Fsp3) is 0.389. The van der Waals surface area contributed by atoms with Gasteiger partial charge in [-0.1, -0.05) is 12.1 Å². The van der Waals surface area contributed by atoms with Gasteiger partial charge in [0.1, 0.15) is 0 Å². The summed E-state index contributed by atoms with van der Waals surface area (Å²) in [6, 6.07) is 13.0. The Morgan fingerprint density at radius 1 is 1.28 bits per heavy atom. The number of rotatable bonds is 4. The summed E-state index contributed by atoms with van der Waals surface area (Å²) in [5, 5.41) is 6.94. The van der Waals surface area contributed by atoms with Crippen LogP contribution in [0.5, 0.6) is 0 Å². The predicted octanol–water partition coefficient (Wildman–Crippen LogP) is 3.35. The van der Waals surface area contributed by atoms with Crippen molar-refractivity contribution in [3.8, 4) is 0 Å². The van der Waals surface area contributed by atoms with Crippen LogP contribution in [0.1, 0.15) is 12.1 Å². The van der Waals surface area contributed by atoms with Gasteiger partial charge in [-0.2, -0.15) is 0 Å². The summed E-state index contributed by atoms with van der Waals surface area (Å²) >= 11 is 3.64. The molecule has 1 aromatic carbocycles. The molecule has 136 valence electrons. The smallest absolute Gasteiger partial charge is 0.191 e. The molecule has 0 radical (unpaired) electrons. The second-order valence-electron chi connectivity index (χ2n) is 6.06. The first-order valence-electron chi connectivity index (χ1n) is 8.24.